The van der Waals surface area contributed by atoms with Gasteiger partial charge in [0.15, 0.2) is 0 Å². The first kappa shape index (κ1) is 15.9. The lowest BCUT2D eigenvalue weighted by atomic mass is 10.0. The van der Waals surface area contributed by atoms with Crippen molar-refractivity contribution in [1.29, 1.82) is 0 Å². The highest BCUT2D eigenvalue weighted by Crippen LogP contribution is 2.26. The third kappa shape index (κ3) is 4.05. The molecule has 4 nitrogen and oxygen atoms in total. The molecule has 1 aliphatic heterocycles. The van der Waals surface area contributed by atoms with Gasteiger partial charge in [-0.25, -0.2) is 4.79 Å². The average molecular weight is 375 g/mol. The number of fused-ring (bicyclic) bond motifs is 1. The number of ether oxygens (including phenoxy) is 1. The predicted octanol–water partition coefficient (Wildman–Crippen LogP) is 3.99. The number of hydrogen-bond acceptors (Lipinski definition) is 2. The Morgan fingerprint density at radius 1 is 1.17 bits per heavy atom. The molecule has 1 heterocycles. The molecule has 3 rings (SSSR count). The zero-order chi connectivity index (χ0) is 16.1. The Bertz CT molecular complexity index is 673. The maximum absolute atomic E-state index is 12.4. The standard InChI is InChI=1S/C18H19BrN2O2/c19-15-7-9-16(10-8-15)23-13-11-20-18(22)21-12-3-5-14-4-1-2-6-17(14)21/h1-2,4,6-10H,3,5,11-13H2,(H,20,22). The summed E-state index contributed by atoms with van der Waals surface area (Å²) in [6.45, 7) is 1.69. The van der Waals surface area contributed by atoms with Gasteiger partial charge in [0.05, 0.1) is 6.54 Å². The molecule has 0 aromatic heterocycles. The number of amides is 2. The molecule has 120 valence electrons. The number of aryl methyl sites for hydroxylation is 1. The Hall–Kier alpha value is -2.01. The third-order valence-electron chi connectivity index (χ3n) is 3.82. The van der Waals surface area contributed by atoms with Gasteiger partial charge in [0, 0.05) is 16.7 Å². The monoisotopic (exact) mass is 374 g/mol. The largest absolute Gasteiger partial charge is 0.492 e. The van der Waals surface area contributed by atoms with Gasteiger partial charge >= 0.3 is 6.03 Å². The van der Waals surface area contributed by atoms with Crippen molar-refractivity contribution in [1.82, 2.24) is 5.32 Å². The van der Waals surface area contributed by atoms with E-state index in [0.29, 0.717) is 13.2 Å². The van der Waals surface area contributed by atoms with Crippen LogP contribution in [-0.4, -0.2) is 25.7 Å². The van der Waals surface area contributed by atoms with E-state index < -0.39 is 0 Å². The first-order valence-electron chi connectivity index (χ1n) is 7.76. The smallest absolute Gasteiger partial charge is 0.321 e. The summed E-state index contributed by atoms with van der Waals surface area (Å²) >= 11 is 3.39. The number of anilines is 1. The van der Waals surface area contributed by atoms with Crippen molar-refractivity contribution in [3.8, 4) is 5.75 Å². The van der Waals surface area contributed by atoms with E-state index in [0.717, 1.165) is 35.3 Å². The molecule has 0 spiro atoms. The Balaban J connectivity index is 1.49. The number of para-hydroxylation sites is 1. The molecular formula is C18H19BrN2O2. The lowest BCUT2D eigenvalue weighted by Crippen LogP contribution is -2.44. The molecule has 0 atom stereocenters. The van der Waals surface area contributed by atoms with Crippen LogP contribution in [0.25, 0.3) is 0 Å². The molecule has 0 saturated carbocycles. The quantitative estimate of drug-likeness (QED) is 0.822. The van der Waals surface area contributed by atoms with Crippen molar-refractivity contribution >= 4 is 27.6 Å². The summed E-state index contributed by atoms with van der Waals surface area (Å²) in [5.41, 5.74) is 2.25. The number of urea groups is 1. The molecule has 23 heavy (non-hydrogen) atoms. The molecule has 0 radical (unpaired) electrons. The van der Waals surface area contributed by atoms with E-state index in [2.05, 4.69) is 27.3 Å². The van der Waals surface area contributed by atoms with Crippen LogP contribution in [0.5, 0.6) is 5.75 Å². The number of halogens is 1. The van der Waals surface area contributed by atoms with E-state index in [4.69, 9.17) is 4.74 Å². The zero-order valence-electron chi connectivity index (χ0n) is 12.8. The highest BCUT2D eigenvalue weighted by Gasteiger charge is 2.21. The van der Waals surface area contributed by atoms with E-state index >= 15 is 0 Å². The summed E-state index contributed by atoms with van der Waals surface area (Å²) in [4.78, 5) is 14.2. The highest BCUT2D eigenvalue weighted by molar-refractivity contribution is 9.10. The number of carbonyl (C=O) groups is 1. The summed E-state index contributed by atoms with van der Waals surface area (Å²) in [6.07, 6.45) is 2.03. The number of nitrogens with zero attached hydrogens (tertiary/aromatic N) is 1. The lowest BCUT2D eigenvalue weighted by Gasteiger charge is -2.29. The van der Waals surface area contributed by atoms with Crippen LogP contribution in [0.2, 0.25) is 0 Å². The molecule has 0 aliphatic carbocycles. The molecular weight excluding hydrogens is 356 g/mol. The molecule has 2 aromatic rings. The molecule has 1 N–H and O–H groups in total. The second-order valence-corrected chi connectivity index (χ2v) is 6.33. The molecule has 1 aliphatic rings. The summed E-state index contributed by atoms with van der Waals surface area (Å²) in [5.74, 6) is 0.797. The van der Waals surface area contributed by atoms with Crippen LogP contribution in [0.3, 0.4) is 0 Å². The minimum atomic E-state index is -0.0587. The second-order valence-electron chi connectivity index (χ2n) is 5.42. The van der Waals surface area contributed by atoms with Crippen LogP contribution in [0.4, 0.5) is 10.5 Å². The van der Waals surface area contributed by atoms with Crippen LogP contribution in [-0.2, 0) is 6.42 Å². The second kappa shape index (κ2) is 7.51. The minimum absolute atomic E-state index is 0.0587. The average Bonchev–Trinajstić information content (AvgIpc) is 2.59. The summed E-state index contributed by atoms with van der Waals surface area (Å²) in [5, 5.41) is 2.93. The fourth-order valence-corrected chi connectivity index (χ4v) is 2.96. The summed E-state index contributed by atoms with van der Waals surface area (Å²) in [6, 6.07) is 15.7. The van der Waals surface area contributed by atoms with Crippen molar-refractivity contribution < 1.29 is 9.53 Å². The number of carbonyl (C=O) groups excluding carboxylic acids is 1. The van der Waals surface area contributed by atoms with Gasteiger partial charge in [-0.05, 0) is 48.7 Å². The first-order chi connectivity index (χ1) is 11.2. The Labute approximate surface area is 144 Å². The van der Waals surface area contributed by atoms with Gasteiger partial charge in [-0.15, -0.1) is 0 Å². The van der Waals surface area contributed by atoms with Gasteiger partial charge in [-0.1, -0.05) is 34.1 Å². The summed E-state index contributed by atoms with van der Waals surface area (Å²) < 4.78 is 6.63. The fraction of sp³-hybridized carbons (Fsp3) is 0.278. The van der Waals surface area contributed by atoms with Crippen molar-refractivity contribution in [3.05, 3.63) is 58.6 Å². The fourth-order valence-electron chi connectivity index (χ4n) is 2.70. The minimum Gasteiger partial charge on any atom is -0.492 e. The molecule has 0 unspecified atom stereocenters. The SMILES string of the molecule is O=C(NCCOc1ccc(Br)cc1)N1CCCc2ccccc21. The molecule has 5 heteroatoms. The van der Waals surface area contributed by atoms with Gasteiger partial charge < -0.3 is 10.1 Å². The van der Waals surface area contributed by atoms with Gasteiger partial charge in [0.1, 0.15) is 12.4 Å². The number of rotatable bonds is 4. The van der Waals surface area contributed by atoms with Crippen LogP contribution >= 0.6 is 15.9 Å². The van der Waals surface area contributed by atoms with Gasteiger partial charge in [-0.3, -0.25) is 4.90 Å². The van der Waals surface area contributed by atoms with Crippen molar-refractivity contribution in [2.24, 2.45) is 0 Å². The highest BCUT2D eigenvalue weighted by atomic mass is 79.9. The topological polar surface area (TPSA) is 41.6 Å². The zero-order valence-corrected chi connectivity index (χ0v) is 14.4. The van der Waals surface area contributed by atoms with Crippen LogP contribution in [0.15, 0.2) is 53.0 Å². The van der Waals surface area contributed by atoms with E-state index in [1.807, 2.05) is 47.4 Å². The summed E-state index contributed by atoms with van der Waals surface area (Å²) in [7, 11) is 0. The van der Waals surface area contributed by atoms with Crippen LogP contribution < -0.4 is 15.0 Å². The van der Waals surface area contributed by atoms with Crippen molar-refractivity contribution in [2.75, 3.05) is 24.6 Å². The molecule has 2 aromatic carbocycles. The maximum Gasteiger partial charge on any atom is 0.321 e. The Morgan fingerprint density at radius 2 is 1.96 bits per heavy atom. The molecule has 0 bridgehead atoms. The van der Waals surface area contributed by atoms with Gasteiger partial charge in [0.2, 0.25) is 0 Å². The number of nitrogens with one attached hydrogen (secondary N) is 1. The van der Waals surface area contributed by atoms with Gasteiger partial charge in [-0.2, -0.15) is 0 Å². The van der Waals surface area contributed by atoms with Crippen LogP contribution in [0, 0.1) is 0 Å². The molecule has 0 saturated heterocycles. The third-order valence-corrected chi connectivity index (χ3v) is 4.34. The number of benzene rings is 2. The van der Waals surface area contributed by atoms with Crippen LogP contribution in [0.1, 0.15) is 12.0 Å². The van der Waals surface area contributed by atoms with E-state index in [9.17, 15) is 4.79 Å². The van der Waals surface area contributed by atoms with Crippen molar-refractivity contribution in [3.63, 3.8) is 0 Å². The molecule has 2 amide bonds. The number of hydrogen-bond donors (Lipinski definition) is 1. The van der Waals surface area contributed by atoms with E-state index in [1.165, 1.54) is 5.56 Å². The Morgan fingerprint density at radius 3 is 2.78 bits per heavy atom. The van der Waals surface area contributed by atoms with E-state index in [-0.39, 0.29) is 6.03 Å². The van der Waals surface area contributed by atoms with E-state index in [1.54, 1.807) is 0 Å². The predicted molar refractivity (Wildman–Crippen MR) is 95.1 cm³/mol. The lowest BCUT2D eigenvalue weighted by molar-refractivity contribution is 0.241. The Kier molecular flexibility index (Phi) is 5.18. The van der Waals surface area contributed by atoms with Crippen molar-refractivity contribution in [2.45, 2.75) is 12.8 Å². The maximum atomic E-state index is 12.4. The first-order valence-corrected chi connectivity index (χ1v) is 8.55. The normalized spacial score (nSPS) is 13.3. The van der Waals surface area contributed by atoms with Gasteiger partial charge in [0.25, 0.3) is 0 Å². The molecule has 0 fully saturated rings.